The number of benzene rings is 1. The second-order valence-corrected chi connectivity index (χ2v) is 6.24. The molecule has 2 aromatic heterocycles. The van der Waals surface area contributed by atoms with Gasteiger partial charge in [0.05, 0.1) is 18.0 Å². The van der Waals surface area contributed by atoms with E-state index in [1.54, 1.807) is 12.5 Å². The van der Waals surface area contributed by atoms with E-state index in [1.165, 1.54) is 5.56 Å². The van der Waals surface area contributed by atoms with Crippen molar-refractivity contribution in [2.24, 2.45) is 0 Å². The predicted octanol–water partition coefficient (Wildman–Crippen LogP) is 4.16. The third kappa shape index (κ3) is 2.57. The number of nitrogens with one attached hydrogen (secondary N) is 1. The molecule has 0 aliphatic carbocycles. The number of rotatable bonds is 3. The fraction of sp³-hybridized carbons (Fsp3) is 0.158. The molecule has 1 N–H and O–H groups in total. The number of pyridine rings is 1. The van der Waals surface area contributed by atoms with Gasteiger partial charge in [-0.2, -0.15) is 0 Å². The number of furan rings is 1. The third-order valence-electron chi connectivity index (χ3n) is 4.21. The van der Waals surface area contributed by atoms with Crippen LogP contribution in [0.1, 0.15) is 29.1 Å². The lowest BCUT2D eigenvalue weighted by atomic mass is 10.0. The molecular weight excluding hydrogens is 318 g/mol. The Morgan fingerprint density at radius 3 is 2.75 bits per heavy atom. The lowest BCUT2D eigenvalue weighted by Gasteiger charge is -2.26. The highest BCUT2D eigenvalue weighted by Gasteiger charge is 2.42. The van der Waals surface area contributed by atoms with Crippen LogP contribution in [0.15, 0.2) is 71.5 Å². The molecule has 4 rings (SSSR count). The molecule has 3 heterocycles. The van der Waals surface area contributed by atoms with E-state index >= 15 is 0 Å². The molecule has 24 heavy (non-hydrogen) atoms. The molecule has 1 aliphatic heterocycles. The molecule has 0 saturated carbocycles. The fourth-order valence-electron chi connectivity index (χ4n) is 3.16. The van der Waals surface area contributed by atoms with Crippen molar-refractivity contribution in [1.82, 2.24) is 10.3 Å². The highest BCUT2D eigenvalue weighted by Crippen LogP contribution is 2.41. The van der Waals surface area contributed by atoms with Gasteiger partial charge in [-0.05, 0) is 61.1 Å². The molecule has 1 saturated heterocycles. The number of hydrogen-bond donors (Lipinski definition) is 1. The average molecular weight is 335 g/mol. The van der Waals surface area contributed by atoms with Crippen molar-refractivity contribution in [2.45, 2.75) is 19.0 Å². The lowest BCUT2D eigenvalue weighted by Crippen LogP contribution is -2.29. The Hall–Kier alpha value is -2.66. The van der Waals surface area contributed by atoms with Gasteiger partial charge in [-0.15, -0.1) is 0 Å². The fourth-order valence-corrected chi connectivity index (χ4v) is 3.51. The van der Waals surface area contributed by atoms with E-state index in [2.05, 4.69) is 40.3 Å². The van der Waals surface area contributed by atoms with Crippen molar-refractivity contribution in [2.75, 3.05) is 4.90 Å². The number of anilines is 1. The van der Waals surface area contributed by atoms with Crippen molar-refractivity contribution >= 4 is 23.0 Å². The van der Waals surface area contributed by atoms with Gasteiger partial charge < -0.3 is 14.6 Å². The van der Waals surface area contributed by atoms with Gasteiger partial charge in [0.25, 0.3) is 0 Å². The molecule has 5 heteroatoms. The zero-order chi connectivity index (χ0) is 16.5. The summed E-state index contributed by atoms with van der Waals surface area (Å²) in [4.78, 5) is 6.62. The summed E-state index contributed by atoms with van der Waals surface area (Å²) >= 11 is 5.64. The third-order valence-corrected chi connectivity index (χ3v) is 4.53. The van der Waals surface area contributed by atoms with Crippen molar-refractivity contribution in [3.63, 3.8) is 0 Å². The molecule has 1 fully saturated rings. The van der Waals surface area contributed by atoms with Crippen LogP contribution in [0.4, 0.5) is 5.69 Å². The molecule has 0 unspecified atom stereocenters. The summed E-state index contributed by atoms with van der Waals surface area (Å²) in [5.74, 6) is 0.861. The summed E-state index contributed by atoms with van der Waals surface area (Å²) in [6, 6.07) is 18.0. The van der Waals surface area contributed by atoms with E-state index < -0.39 is 0 Å². The van der Waals surface area contributed by atoms with Crippen LogP contribution in [0.5, 0.6) is 0 Å². The van der Waals surface area contributed by atoms with E-state index in [-0.39, 0.29) is 12.1 Å². The van der Waals surface area contributed by atoms with Gasteiger partial charge in [0.2, 0.25) is 0 Å². The quantitative estimate of drug-likeness (QED) is 0.728. The van der Waals surface area contributed by atoms with Crippen LogP contribution < -0.4 is 10.2 Å². The van der Waals surface area contributed by atoms with Crippen LogP contribution in [0.3, 0.4) is 0 Å². The molecule has 2 atom stereocenters. The molecule has 0 spiro atoms. The minimum absolute atomic E-state index is 0.0645. The van der Waals surface area contributed by atoms with Crippen LogP contribution in [0, 0.1) is 6.92 Å². The summed E-state index contributed by atoms with van der Waals surface area (Å²) in [5.41, 5.74) is 3.18. The monoisotopic (exact) mass is 335 g/mol. The molecule has 4 nitrogen and oxygen atoms in total. The maximum Gasteiger partial charge on any atom is 0.174 e. The molecule has 120 valence electrons. The molecule has 0 bridgehead atoms. The summed E-state index contributed by atoms with van der Waals surface area (Å²) in [6.45, 7) is 2.08. The SMILES string of the molecule is Cc1cccc(N2C(=S)N[C@H](c3ccccn3)[C@@H]2c2ccco2)c1. The Labute approximate surface area is 146 Å². The van der Waals surface area contributed by atoms with E-state index in [0.717, 1.165) is 17.1 Å². The van der Waals surface area contributed by atoms with Crippen LogP contribution in [-0.2, 0) is 0 Å². The summed E-state index contributed by atoms with van der Waals surface area (Å²) in [5, 5.41) is 4.09. The van der Waals surface area contributed by atoms with Crippen LogP contribution >= 0.6 is 12.2 Å². The number of hydrogen-bond acceptors (Lipinski definition) is 3. The van der Waals surface area contributed by atoms with E-state index in [4.69, 9.17) is 16.6 Å². The topological polar surface area (TPSA) is 41.3 Å². The minimum atomic E-state index is -0.0794. The van der Waals surface area contributed by atoms with Gasteiger partial charge in [0.1, 0.15) is 11.8 Å². The van der Waals surface area contributed by atoms with Crippen LogP contribution in [0.25, 0.3) is 0 Å². The normalized spacial score (nSPS) is 20.2. The van der Waals surface area contributed by atoms with Gasteiger partial charge in [0, 0.05) is 11.9 Å². The maximum atomic E-state index is 5.73. The Morgan fingerprint density at radius 1 is 1.12 bits per heavy atom. The maximum absolute atomic E-state index is 5.73. The van der Waals surface area contributed by atoms with Gasteiger partial charge in [-0.3, -0.25) is 4.98 Å². The zero-order valence-corrected chi connectivity index (χ0v) is 14.0. The highest BCUT2D eigenvalue weighted by atomic mass is 32.1. The zero-order valence-electron chi connectivity index (χ0n) is 13.2. The Bertz CT molecular complexity index is 848. The van der Waals surface area contributed by atoms with E-state index in [9.17, 15) is 0 Å². The predicted molar refractivity (Wildman–Crippen MR) is 97.8 cm³/mol. The van der Waals surface area contributed by atoms with Crippen molar-refractivity contribution < 1.29 is 4.42 Å². The van der Waals surface area contributed by atoms with Gasteiger partial charge >= 0.3 is 0 Å². The lowest BCUT2D eigenvalue weighted by molar-refractivity contribution is 0.432. The van der Waals surface area contributed by atoms with Crippen molar-refractivity contribution in [1.29, 1.82) is 0 Å². The largest absolute Gasteiger partial charge is 0.467 e. The number of nitrogens with zero attached hydrogens (tertiary/aromatic N) is 2. The molecule has 1 aliphatic rings. The summed E-state index contributed by atoms with van der Waals surface area (Å²) in [7, 11) is 0. The number of thiocarbonyl (C=S) groups is 1. The highest BCUT2D eigenvalue weighted by molar-refractivity contribution is 7.80. The second kappa shape index (κ2) is 6.09. The van der Waals surface area contributed by atoms with Gasteiger partial charge in [0.15, 0.2) is 5.11 Å². The van der Waals surface area contributed by atoms with Crippen molar-refractivity contribution in [3.05, 3.63) is 84.1 Å². The molecule has 3 aromatic rings. The molecule has 0 radical (unpaired) electrons. The number of aromatic nitrogens is 1. The molecule has 1 aromatic carbocycles. The smallest absolute Gasteiger partial charge is 0.174 e. The number of aryl methyl sites for hydroxylation is 1. The van der Waals surface area contributed by atoms with E-state index in [0.29, 0.717) is 5.11 Å². The van der Waals surface area contributed by atoms with Crippen LogP contribution in [-0.4, -0.2) is 10.1 Å². The van der Waals surface area contributed by atoms with Crippen LogP contribution in [0.2, 0.25) is 0 Å². The first-order valence-corrected chi connectivity index (χ1v) is 8.25. The standard InChI is InChI=1S/C19H17N3OS/c1-13-6-4-7-14(12-13)22-18(16-9-5-11-23-16)17(21-19(22)24)15-8-2-3-10-20-15/h2-12,17-18H,1H3,(H,21,24)/t17-,18+/m1/s1. The first kappa shape index (κ1) is 14.9. The van der Waals surface area contributed by atoms with E-state index in [1.807, 2.05) is 36.4 Å². The minimum Gasteiger partial charge on any atom is -0.467 e. The van der Waals surface area contributed by atoms with Gasteiger partial charge in [-0.25, -0.2) is 0 Å². The second-order valence-electron chi connectivity index (χ2n) is 5.85. The van der Waals surface area contributed by atoms with Crippen molar-refractivity contribution in [3.8, 4) is 0 Å². The average Bonchev–Trinajstić information content (AvgIpc) is 3.23. The Morgan fingerprint density at radius 2 is 2.04 bits per heavy atom. The summed E-state index contributed by atoms with van der Waals surface area (Å²) < 4.78 is 5.73. The molecular formula is C19H17N3OS. The Kier molecular flexibility index (Phi) is 3.78. The Balaban J connectivity index is 1.82. The summed E-state index contributed by atoms with van der Waals surface area (Å²) in [6.07, 6.45) is 3.50. The van der Waals surface area contributed by atoms with Gasteiger partial charge in [-0.1, -0.05) is 18.2 Å². The molecule has 0 amide bonds. The first-order chi connectivity index (χ1) is 11.7. The first-order valence-electron chi connectivity index (χ1n) is 7.85.